The van der Waals surface area contributed by atoms with Crippen LogP contribution in [0, 0.1) is 0 Å². The van der Waals surface area contributed by atoms with Crippen LogP contribution in [0.4, 0.5) is 0 Å². The van der Waals surface area contributed by atoms with Crippen molar-refractivity contribution in [2.24, 2.45) is 0 Å². The summed E-state index contributed by atoms with van der Waals surface area (Å²) >= 11 is -2.87. The van der Waals surface area contributed by atoms with Crippen LogP contribution in [-0.4, -0.2) is 39.5 Å². The summed E-state index contributed by atoms with van der Waals surface area (Å²) in [6.07, 6.45) is 14.3. The van der Waals surface area contributed by atoms with Gasteiger partial charge in [-0.05, 0) is 0 Å². The minimum absolute atomic E-state index is 0.211. The molecular weight excluding hydrogens is 695 g/mol. The molecule has 3 N–H and O–H groups in total. The standard InChI is InChI=1S/3C11H10NO.Bi/c3*1-2-3-9-12-11(13)10-7-5-4-6-8-10;/h3*2-3,5-9H,1H2,(H,12,13);. The van der Waals surface area contributed by atoms with E-state index in [0.717, 1.165) is 9.81 Å². The summed E-state index contributed by atoms with van der Waals surface area (Å²) in [5.41, 5.74) is 1.63. The van der Waals surface area contributed by atoms with E-state index in [9.17, 15) is 14.4 Å². The molecule has 3 aromatic carbocycles. The summed E-state index contributed by atoms with van der Waals surface area (Å²) in [7, 11) is 0. The predicted octanol–water partition coefficient (Wildman–Crippen LogP) is 3.49. The zero-order chi connectivity index (χ0) is 28.7. The molecule has 3 aromatic rings. The number of carbonyl (C=O) groups excluding carboxylic acids is 3. The summed E-state index contributed by atoms with van der Waals surface area (Å²) in [4.78, 5) is 37.4. The Bertz CT molecular complexity index is 1270. The van der Waals surface area contributed by atoms with E-state index in [1.807, 2.05) is 72.8 Å². The molecule has 0 radical (unpaired) electrons. The summed E-state index contributed by atoms with van der Waals surface area (Å²) in [6.45, 7) is 10.8. The third-order valence-corrected chi connectivity index (χ3v) is 15.0. The monoisotopic (exact) mass is 725 g/mol. The van der Waals surface area contributed by atoms with Crippen molar-refractivity contribution < 1.29 is 14.4 Å². The first kappa shape index (κ1) is 29.9. The van der Waals surface area contributed by atoms with Crippen LogP contribution in [0.15, 0.2) is 148 Å². The number of amides is 3. The predicted molar refractivity (Wildman–Crippen MR) is 164 cm³/mol. The Kier molecular flexibility index (Phi) is 11.8. The van der Waals surface area contributed by atoms with Crippen LogP contribution in [0.1, 0.15) is 31.1 Å². The fourth-order valence-electron chi connectivity index (χ4n) is 3.56. The Morgan fingerprint density at radius 3 is 0.950 bits per heavy atom. The Morgan fingerprint density at radius 1 is 0.475 bits per heavy atom. The number of rotatable bonds is 12. The van der Waals surface area contributed by atoms with E-state index in [1.54, 1.807) is 55.1 Å². The molecule has 0 bridgehead atoms. The second-order valence-electron chi connectivity index (χ2n) is 8.18. The average Bonchev–Trinajstić information content (AvgIpc) is 2.98. The topological polar surface area (TPSA) is 87.3 Å². The molecule has 0 saturated carbocycles. The molecule has 0 spiro atoms. The first-order chi connectivity index (χ1) is 19.5. The molecule has 40 heavy (non-hydrogen) atoms. The first-order valence-electron chi connectivity index (χ1n) is 12.3. The molecule has 0 fully saturated rings. The van der Waals surface area contributed by atoms with Gasteiger partial charge in [-0.15, -0.1) is 0 Å². The molecule has 3 rings (SSSR count). The Hall–Kier alpha value is -4.61. The van der Waals surface area contributed by atoms with E-state index in [0.29, 0.717) is 16.7 Å². The number of benzene rings is 3. The van der Waals surface area contributed by atoms with Crippen molar-refractivity contribution in [3.05, 3.63) is 164 Å². The van der Waals surface area contributed by atoms with E-state index in [1.165, 1.54) is 0 Å². The molecule has 0 aliphatic carbocycles. The molecule has 0 aliphatic heterocycles. The average molecular weight is 726 g/mol. The van der Waals surface area contributed by atoms with Crippen molar-refractivity contribution in [2.45, 2.75) is 0 Å². The maximum atomic E-state index is 12.5. The number of hydrogen-bond donors (Lipinski definition) is 3. The molecule has 200 valence electrons. The quantitative estimate of drug-likeness (QED) is 0.198. The van der Waals surface area contributed by atoms with E-state index in [-0.39, 0.29) is 17.7 Å². The van der Waals surface area contributed by atoms with Crippen LogP contribution in [0.25, 0.3) is 0 Å². The van der Waals surface area contributed by atoms with Gasteiger partial charge in [0, 0.05) is 0 Å². The van der Waals surface area contributed by atoms with Gasteiger partial charge in [0.05, 0.1) is 0 Å². The normalized spacial score (nSPS) is 11.0. The molecule has 0 unspecified atom stereocenters. The summed E-state index contributed by atoms with van der Waals surface area (Å²) in [6, 6.07) is 22.8. The van der Waals surface area contributed by atoms with E-state index in [4.69, 9.17) is 0 Å². The van der Waals surface area contributed by atoms with Crippen molar-refractivity contribution in [3.8, 4) is 0 Å². The summed E-state index contributed by atoms with van der Waals surface area (Å²) in [5.74, 6) is -0.632. The van der Waals surface area contributed by atoms with Crippen molar-refractivity contribution >= 4 is 49.3 Å². The van der Waals surface area contributed by atoms with Crippen molar-refractivity contribution in [3.63, 3.8) is 0 Å². The van der Waals surface area contributed by atoms with Gasteiger partial charge in [0.25, 0.3) is 0 Å². The third-order valence-electron chi connectivity index (χ3n) is 5.50. The van der Waals surface area contributed by atoms with Crippen LogP contribution in [0.3, 0.4) is 0 Å². The molecular formula is C33H30BiN3O3. The number of nitrogens with one attached hydrogen (secondary N) is 3. The van der Waals surface area contributed by atoms with Gasteiger partial charge in [-0.25, -0.2) is 0 Å². The van der Waals surface area contributed by atoms with Gasteiger partial charge in [-0.1, -0.05) is 0 Å². The van der Waals surface area contributed by atoms with Crippen LogP contribution in [-0.2, 0) is 0 Å². The van der Waals surface area contributed by atoms with Gasteiger partial charge in [0.1, 0.15) is 0 Å². The Morgan fingerprint density at radius 2 is 0.725 bits per heavy atom. The van der Waals surface area contributed by atoms with Crippen LogP contribution >= 0.6 is 0 Å². The zero-order valence-corrected chi connectivity index (χ0v) is 25.4. The Balaban J connectivity index is 1.94. The second-order valence-corrected chi connectivity index (χ2v) is 16.8. The van der Waals surface area contributed by atoms with Crippen LogP contribution < -0.4 is 25.8 Å². The van der Waals surface area contributed by atoms with Gasteiger partial charge in [0.15, 0.2) is 0 Å². The number of allylic oxidation sites excluding steroid dienone is 6. The third kappa shape index (κ3) is 8.45. The van der Waals surface area contributed by atoms with Crippen LogP contribution in [0.5, 0.6) is 0 Å². The van der Waals surface area contributed by atoms with E-state index < -0.39 is 21.8 Å². The van der Waals surface area contributed by atoms with Crippen LogP contribution in [0.2, 0.25) is 0 Å². The molecule has 3 amide bonds. The molecule has 0 atom stereocenters. The first-order valence-corrected chi connectivity index (χ1v) is 17.6. The molecule has 0 aromatic heterocycles. The number of carbonyl (C=O) groups is 3. The second kappa shape index (κ2) is 15.7. The van der Waals surface area contributed by atoms with Gasteiger partial charge < -0.3 is 0 Å². The SMILES string of the molecule is C=CC=CNC(=O)c1cc[c]([Bi]([c]2ccc(C(=O)NC=CC=C)cc2)[c]2ccc(C(=O)NC=CC=C)cc2)cc1. The van der Waals surface area contributed by atoms with E-state index in [2.05, 4.69) is 35.7 Å². The molecule has 0 heterocycles. The van der Waals surface area contributed by atoms with Crippen molar-refractivity contribution in [1.29, 1.82) is 0 Å². The van der Waals surface area contributed by atoms with Gasteiger partial charge in [0.2, 0.25) is 0 Å². The summed E-state index contributed by atoms with van der Waals surface area (Å²) < 4.78 is 3.43. The molecule has 7 heteroatoms. The molecule has 6 nitrogen and oxygen atoms in total. The van der Waals surface area contributed by atoms with Crippen molar-refractivity contribution in [2.75, 3.05) is 0 Å². The molecule has 0 saturated heterocycles. The summed E-state index contributed by atoms with van der Waals surface area (Å²) in [5, 5.41) is 8.13. The number of hydrogen-bond acceptors (Lipinski definition) is 3. The van der Waals surface area contributed by atoms with Gasteiger partial charge >= 0.3 is 244 Å². The van der Waals surface area contributed by atoms with Crippen molar-refractivity contribution in [1.82, 2.24) is 16.0 Å². The maximum absolute atomic E-state index is 12.5. The molecule has 0 aliphatic rings. The fraction of sp³-hybridized carbons (Fsp3) is 0. The fourth-order valence-corrected chi connectivity index (χ4v) is 12.3. The minimum atomic E-state index is -2.87. The van der Waals surface area contributed by atoms with Gasteiger partial charge in [-0.2, -0.15) is 0 Å². The Labute approximate surface area is 242 Å². The zero-order valence-electron chi connectivity index (χ0n) is 21.9. The van der Waals surface area contributed by atoms with Gasteiger partial charge in [-0.3, -0.25) is 0 Å². The van der Waals surface area contributed by atoms with E-state index >= 15 is 0 Å².